The van der Waals surface area contributed by atoms with E-state index in [1.807, 2.05) is 0 Å². The molecule has 0 spiro atoms. The molecule has 0 aliphatic heterocycles. The molecule has 0 fully saturated rings. The summed E-state index contributed by atoms with van der Waals surface area (Å²) in [5.74, 6) is 0. The van der Waals surface area contributed by atoms with E-state index in [0.717, 1.165) is 43.5 Å². The molecule has 4 nitrogen and oxygen atoms in total. The minimum absolute atomic E-state index is 0.0658. The summed E-state index contributed by atoms with van der Waals surface area (Å²) < 4.78 is 40.2. The molecule has 4 rings (SSSR count). The largest absolute Gasteiger partial charge is 0.416 e. The van der Waals surface area contributed by atoms with Crippen LogP contribution in [-0.2, 0) is 25.6 Å². The van der Waals surface area contributed by atoms with E-state index in [9.17, 15) is 18.0 Å². The van der Waals surface area contributed by atoms with Gasteiger partial charge in [-0.05, 0) is 49.1 Å². The summed E-state index contributed by atoms with van der Waals surface area (Å²) in [5, 5.41) is 4.09. The van der Waals surface area contributed by atoms with Gasteiger partial charge in [0.15, 0.2) is 0 Å². The van der Waals surface area contributed by atoms with Crippen LogP contribution in [0.2, 0.25) is 0 Å². The minimum Gasteiger partial charge on any atom is -0.314 e. The van der Waals surface area contributed by atoms with Crippen molar-refractivity contribution in [3.8, 4) is 0 Å². The van der Waals surface area contributed by atoms with Crippen LogP contribution in [0.15, 0.2) is 35.4 Å². The molecule has 1 N–H and O–H groups in total. The van der Waals surface area contributed by atoms with E-state index < -0.39 is 11.7 Å². The average Bonchev–Trinajstić information content (AvgIpc) is 3.02. The Balaban J connectivity index is 1.69. The molecule has 0 saturated heterocycles. The van der Waals surface area contributed by atoms with Gasteiger partial charge in [-0.2, -0.15) is 13.2 Å². The van der Waals surface area contributed by atoms with Gasteiger partial charge in [-0.15, -0.1) is 11.3 Å². The predicted molar refractivity (Wildman–Crippen MR) is 104 cm³/mol. The Morgan fingerprint density at radius 1 is 1.36 bits per heavy atom. The lowest BCUT2D eigenvalue weighted by Gasteiger charge is -2.22. The SMILES string of the molecule is CCNC1CCc2c(sc3ncn(Cc4cccc(C(F)(F)F)c4)c(=O)c23)C1. The molecule has 1 aliphatic rings. The molecular weight excluding hydrogens is 387 g/mol. The molecule has 1 aliphatic carbocycles. The van der Waals surface area contributed by atoms with E-state index in [1.165, 1.54) is 21.8 Å². The van der Waals surface area contributed by atoms with Gasteiger partial charge in [-0.25, -0.2) is 4.98 Å². The van der Waals surface area contributed by atoms with Gasteiger partial charge >= 0.3 is 6.18 Å². The first-order valence-corrected chi connectivity index (χ1v) is 10.1. The molecule has 1 atom stereocenters. The van der Waals surface area contributed by atoms with Crippen LogP contribution in [-0.4, -0.2) is 22.1 Å². The van der Waals surface area contributed by atoms with Crippen LogP contribution in [0.5, 0.6) is 0 Å². The van der Waals surface area contributed by atoms with Crippen LogP contribution in [0.3, 0.4) is 0 Å². The standard InChI is InChI=1S/C20H20F3N3OS/c1-2-24-14-6-7-15-16(9-14)28-18-17(15)19(27)26(11-25-18)10-12-4-3-5-13(8-12)20(21,22)23/h3-5,8,11,14,24H,2,6-7,9-10H2,1H3. The molecule has 28 heavy (non-hydrogen) atoms. The van der Waals surface area contributed by atoms with Crippen molar-refractivity contribution < 1.29 is 13.2 Å². The van der Waals surface area contributed by atoms with Crippen LogP contribution >= 0.6 is 11.3 Å². The van der Waals surface area contributed by atoms with Crippen LogP contribution in [0.25, 0.3) is 10.2 Å². The van der Waals surface area contributed by atoms with Crippen molar-refractivity contribution in [2.24, 2.45) is 0 Å². The highest BCUT2D eigenvalue weighted by molar-refractivity contribution is 7.18. The summed E-state index contributed by atoms with van der Waals surface area (Å²) in [6.45, 7) is 3.05. The number of hydrogen-bond acceptors (Lipinski definition) is 4. The van der Waals surface area contributed by atoms with E-state index in [4.69, 9.17) is 0 Å². The maximum atomic E-state index is 13.0. The van der Waals surface area contributed by atoms with E-state index >= 15 is 0 Å². The minimum atomic E-state index is -4.40. The predicted octanol–water partition coefficient (Wildman–Crippen LogP) is 3.99. The van der Waals surface area contributed by atoms with E-state index in [-0.39, 0.29) is 12.1 Å². The second-order valence-corrected chi connectivity index (χ2v) is 8.14. The number of alkyl halides is 3. The van der Waals surface area contributed by atoms with Gasteiger partial charge in [-0.3, -0.25) is 9.36 Å². The van der Waals surface area contributed by atoms with Crippen molar-refractivity contribution >= 4 is 21.6 Å². The number of thiophene rings is 1. The lowest BCUT2D eigenvalue weighted by atomic mass is 9.93. The zero-order valence-electron chi connectivity index (χ0n) is 15.3. The van der Waals surface area contributed by atoms with Crippen molar-refractivity contribution in [2.45, 2.75) is 44.9 Å². The number of aryl methyl sites for hydroxylation is 1. The topological polar surface area (TPSA) is 46.9 Å². The quantitative estimate of drug-likeness (QED) is 0.711. The van der Waals surface area contributed by atoms with Gasteiger partial charge < -0.3 is 5.32 Å². The number of halogens is 3. The lowest BCUT2D eigenvalue weighted by molar-refractivity contribution is -0.137. The highest BCUT2D eigenvalue weighted by Gasteiger charge is 2.30. The maximum Gasteiger partial charge on any atom is 0.416 e. The van der Waals surface area contributed by atoms with Crippen LogP contribution < -0.4 is 10.9 Å². The second kappa shape index (κ2) is 7.33. The third kappa shape index (κ3) is 3.58. The zero-order valence-corrected chi connectivity index (χ0v) is 16.2. The molecule has 2 heterocycles. The molecule has 0 bridgehead atoms. The number of likely N-dealkylation sites (N-methyl/N-ethyl adjacent to an activating group) is 1. The Hall–Kier alpha value is -2.19. The van der Waals surface area contributed by atoms with Gasteiger partial charge in [0, 0.05) is 10.9 Å². The van der Waals surface area contributed by atoms with Crippen LogP contribution in [0.1, 0.15) is 34.9 Å². The molecule has 1 aromatic carbocycles. The Morgan fingerprint density at radius 2 is 2.18 bits per heavy atom. The third-order valence-corrected chi connectivity index (χ3v) is 6.30. The Morgan fingerprint density at radius 3 is 2.93 bits per heavy atom. The van der Waals surface area contributed by atoms with E-state index in [2.05, 4.69) is 17.2 Å². The number of benzene rings is 1. The van der Waals surface area contributed by atoms with Crippen LogP contribution in [0.4, 0.5) is 13.2 Å². The van der Waals surface area contributed by atoms with Crippen molar-refractivity contribution in [2.75, 3.05) is 6.54 Å². The average molecular weight is 407 g/mol. The number of hydrogen-bond donors (Lipinski definition) is 1. The van der Waals surface area contributed by atoms with Crippen molar-refractivity contribution in [1.29, 1.82) is 0 Å². The molecular formula is C20H20F3N3OS. The summed E-state index contributed by atoms with van der Waals surface area (Å²) in [5.41, 5.74) is 0.593. The number of fused-ring (bicyclic) bond motifs is 3. The summed E-state index contributed by atoms with van der Waals surface area (Å²) in [6.07, 6.45) is -0.295. The maximum absolute atomic E-state index is 13.0. The van der Waals surface area contributed by atoms with Crippen molar-refractivity contribution in [3.63, 3.8) is 0 Å². The Kier molecular flexibility index (Phi) is 5.01. The van der Waals surface area contributed by atoms with E-state index in [0.29, 0.717) is 21.8 Å². The second-order valence-electron chi connectivity index (χ2n) is 7.06. The number of rotatable bonds is 4. The first-order valence-electron chi connectivity index (χ1n) is 9.26. The zero-order chi connectivity index (χ0) is 19.9. The monoisotopic (exact) mass is 407 g/mol. The fraction of sp³-hybridized carbons (Fsp3) is 0.400. The van der Waals surface area contributed by atoms with E-state index in [1.54, 1.807) is 17.4 Å². The highest BCUT2D eigenvalue weighted by atomic mass is 32.1. The molecule has 0 radical (unpaired) electrons. The fourth-order valence-corrected chi connectivity index (χ4v) is 5.08. The highest BCUT2D eigenvalue weighted by Crippen LogP contribution is 2.34. The third-order valence-electron chi connectivity index (χ3n) is 5.14. The van der Waals surface area contributed by atoms with Gasteiger partial charge in [-0.1, -0.05) is 19.1 Å². The van der Waals surface area contributed by atoms with Crippen molar-refractivity contribution in [3.05, 3.63) is 62.5 Å². The summed E-state index contributed by atoms with van der Waals surface area (Å²) in [7, 11) is 0. The number of nitrogens with zero attached hydrogens (tertiary/aromatic N) is 2. The van der Waals surface area contributed by atoms with Crippen molar-refractivity contribution in [1.82, 2.24) is 14.9 Å². The molecule has 0 saturated carbocycles. The number of nitrogens with one attached hydrogen (secondary N) is 1. The first-order chi connectivity index (χ1) is 13.4. The molecule has 148 valence electrons. The molecule has 3 aromatic rings. The smallest absolute Gasteiger partial charge is 0.314 e. The van der Waals surface area contributed by atoms with Gasteiger partial charge in [0.1, 0.15) is 4.83 Å². The summed E-state index contributed by atoms with van der Waals surface area (Å²) in [6, 6.07) is 5.49. The summed E-state index contributed by atoms with van der Waals surface area (Å²) >= 11 is 1.55. The Labute approximate surface area is 164 Å². The number of aromatic nitrogens is 2. The molecule has 8 heteroatoms. The van der Waals surface area contributed by atoms with Gasteiger partial charge in [0.25, 0.3) is 5.56 Å². The molecule has 2 aromatic heterocycles. The Bertz CT molecular complexity index is 1070. The van der Waals surface area contributed by atoms with Gasteiger partial charge in [0.05, 0.1) is 23.8 Å². The van der Waals surface area contributed by atoms with Crippen LogP contribution in [0, 0.1) is 0 Å². The van der Waals surface area contributed by atoms with Gasteiger partial charge in [0.2, 0.25) is 0 Å². The fourth-order valence-electron chi connectivity index (χ4n) is 3.82. The molecule has 0 amide bonds. The first kappa shape index (κ1) is 19.1. The lowest BCUT2D eigenvalue weighted by Crippen LogP contribution is -2.34. The molecule has 1 unspecified atom stereocenters. The summed E-state index contributed by atoms with van der Waals surface area (Å²) in [4.78, 5) is 19.4. The normalized spacial score (nSPS) is 17.1.